The monoisotopic (exact) mass is 400 g/mol. The summed E-state index contributed by atoms with van der Waals surface area (Å²) in [5.74, 6) is 2.02. The third-order valence-corrected chi connectivity index (χ3v) is 6.75. The number of para-hydroxylation sites is 1. The molecule has 2 unspecified atom stereocenters. The molecule has 1 aromatic rings. The van der Waals surface area contributed by atoms with E-state index in [1.54, 1.807) is 7.11 Å². The van der Waals surface area contributed by atoms with Crippen molar-refractivity contribution in [3.63, 3.8) is 0 Å². The van der Waals surface area contributed by atoms with Gasteiger partial charge >= 0.3 is 0 Å². The van der Waals surface area contributed by atoms with Crippen molar-refractivity contribution in [2.45, 2.75) is 38.6 Å². The highest BCUT2D eigenvalue weighted by atomic mass is 16.5. The van der Waals surface area contributed by atoms with Gasteiger partial charge in [0.05, 0.1) is 26.3 Å². The molecule has 3 heterocycles. The van der Waals surface area contributed by atoms with Gasteiger partial charge in [-0.15, -0.1) is 0 Å². The predicted octanol–water partition coefficient (Wildman–Crippen LogP) is 2.91. The molecular formula is C23H36N4O2. The summed E-state index contributed by atoms with van der Waals surface area (Å²) in [6.07, 6.45) is 4.92. The number of ether oxygens (including phenoxy) is 2. The Kier molecular flexibility index (Phi) is 6.60. The standard InChI is InChI=1S/C23H36N4O2/c1-3-24-22(27-14-10-23(17-27)11-15-29-18-23)25-16-20(26-12-6-7-13-26)19-8-4-5-9-21(19)28-2/h4-5,8-9,20H,3,6-7,10-18H2,1-2H3,(H,24,25). The Bertz CT molecular complexity index is 696. The number of hydrogen-bond donors (Lipinski definition) is 1. The molecule has 0 aliphatic carbocycles. The van der Waals surface area contributed by atoms with Crippen molar-refractivity contribution >= 4 is 5.96 Å². The molecule has 0 bridgehead atoms. The Labute approximate surface area is 175 Å². The molecule has 1 N–H and O–H groups in total. The van der Waals surface area contributed by atoms with Crippen LogP contribution in [0.15, 0.2) is 29.3 Å². The SMILES string of the molecule is CCNC(=NCC(c1ccccc1OC)N1CCCC1)N1CCC2(CCOC2)C1. The molecular weight excluding hydrogens is 364 g/mol. The molecule has 6 nitrogen and oxygen atoms in total. The van der Waals surface area contributed by atoms with Gasteiger partial charge < -0.3 is 19.7 Å². The highest BCUT2D eigenvalue weighted by Crippen LogP contribution is 2.38. The van der Waals surface area contributed by atoms with E-state index in [0.29, 0.717) is 5.41 Å². The van der Waals surface area contributed by atoms with E-state index in [4.69, 9.17) is 14.5 Å². The summed E-state index contributed by atoms with van der Waals surface area (Å²) in [6, 6.07) is 8.68. The fourth-order valence-electron chi connectivity index (χ4n) is 5.09. The Morgan fingerprint density at radius 2 is 2.07 bits per heavy atom. The Morgan fingerprint density at radius 1 is 1.24 bits per heavy atom. The van der Waals surface area contributed by atoms with Gasteiger partial charge in [-0.3, -0.25) is 9.89 Å². The van der Waals surface area contributed by atoms with Crippen LogP contribution in [0, 0.1) is 5.41 Å². The average Bonchev–Trinajstić information content (AvgIpc) is 3.51. The lowest BCUT2D eigenvalue weighted by Gasteiger charge is -2.29. The molecule has 3 saturated heterocycles. The maximum atomic E-state index is 5.71. The van der Waals surface area contributed by atoms with Crippen molar-refractivity contribution in [3.8, 4) is 5.75 Å². The van der Waals surface area contributed by atoms with Gasteiger partial charge in [0, 0.05) is 37.2 Å². The fraction of sp³-hybridized carbons (Fsp3) is 0.696. The summed E-state index contributed by atoms with van der Waals surface area (Å²) in [5, 5.41) is 3.54. The zero-order valence-corrected chi connectivity index (χ0v) is 18.0. The smallest absolute Gasteiger partial charge is 0.194 e. The summed E-state index contributed by atoms with van der Waals surface area (Å²) in [5.41, 5.74) is 1.59. The summed E-state index contributed by atoms with van der Waals surface area (Å²) >= 11 is 0. The van der Waals surface area contributed by atoms with E-state index < -0.39 is 0 Å². The summed E-state index contributed by atoms with van der Waals surface area (Å²) in [4.78, 5) is 10.2. The Morgan fingerprint density at radius 3 is 2.79 bits per heavy atom. The average molecular weight is 401 g/mol. The quantitative estimate of drug-likeness (QED) is 0.588. The van der Waals surface area contributed by atoms with Crippen LogP contribution in [0.1, 0.15) is 44.2 Å². The molecule has 6 heteroatoms. The van der Waals surface area contributed by atoms with E-state index in [9.17, 15) is 0 Å². The molecule has 0 amide bonds. The van der Waals surface area contributed by atoms with Gasteiger partial charge in [0.2, 0.25) is 0 Å². The number of methoxy groups -OCH3 is 1. The zero-order chi connectivity index (χ0) is 20.1. The number of nitrogens with one attached hydrogen (secondary N) is 1. The van der Waals surface area contributed by atoms with Gasteiger partial charge in [-0.1, -0.05) is 18.2 Å². The first-order valence-corrected chi connectivity index (χ1v) is 11.2. The van der Waals surface area contributed by atoms with Gasteiger partial charge in [-0.25, -0.2) is 0 Å². The van der Waals surface area contributed by atoms with E-state index in [1.807, 2.05) is 6.07 Å². The molecule has 4 rings (SSSR count). The van der Waals surface area contributed by atoms with E-state index >= 15 is 0 Å². The lowest BCUT2D eigenvalue weighted by molar-refractivity contribution is 0.156. The maximum Gasteiger partial charge on any atom is 0.194 e. The fourth-order valence-corrected chi connectivity index (χ4v) is 5.09. The second kappa shape index (κ2) is 9.35. The second-order valence-corrected chi connectivity index (χ2v) is 8.67. The Balaban J connectivity index is 1.54. The molecule has 3 aliphatic rings. The molecule has 0 radical (unpaired) electrons. The van der Waals surface area contributed by atoms with Crippen molar-refractivity contribution in [3.05, 3.63) is 29.8 Å². The van der Waals surface area contributed by atoms with Gasteiger partial charge in [-0.05, 0) is 51.8 Å². The molecule has 29 heavy (non-hydrogen) atoms. The van der Waals surface area contributed by atoms with Crippen LogP contribution in [0.5, 0.6) is 5.75 Å². The van der Waals surface area contributed by atoms with Gasteiger partial charge in [0.1, 0.15) is 5.75 Å². The number of rotatable bonds is 6. The highest BCUT2D eigenvalue weighted by Gasteiger charge is 2.42. The van der Waals surface area contributed by atoms with E-state index in [1.165, 1.54) is 31.2 Å². The maximum absolute atomic E-state index is 5.71. The number of aliphatic imine (C=N–C) groups is 1. The molecule has 2 atom stereocenters. The van der Waals surface area contributed by atoms with Crippen LogP contribution in [-0.4, -0.2) is 75.4 Å². The number of benzene rings is 1. The van der Waals surface area contributed by atoms with Crippen LogP contribution < -0.4 is 10.1 Å². The number of guanidine groups is 1. The molecule has 0 saturated carbocycles. The first-order chi connectivity index (χ1) is 14.2. The summed E-state index contributed by atoms with van der Waals surface area (Å²) in [6.45, 7) is 10.0. The van der Waals surface area contributed by atoms with Crippen molar-refractivity contribution < 1.29 is 9.47 Å². The van der Waals surface area contributed by atoms with Crippen molar-refractivity contribution in [1.29, 1.82) is 0 Å². The minimum atomic E-state index is 0.258. The minimum absolute atomic E-state index is 0.258. The third kappa shape index (κ3) is 4.53. The largest absolute Gasteiger partial charge is 0.496 e. The predicted molar refractivity (Wildman–Crippen MR) is 117 cm³/mol. The molecule has 3 aliphatic heterocycles. The lowest BCUT2D eigenvalue weighted by atomic mass is 9.87. The van der Waals surface area contributed by atoms with Crippen LogP contribution in [0.4, 0.5) is 0 Å². The number of hydrogen-bond acceptors (Lipinski definition) is 4. The first kappa shape index (κ1) is 20.5. The Hall–Kier alpha value is -1.79. The lowest BCUT2D eigenvalue weighted by Crippen LogP contribution is -2.42. The molecule has 160 valence electrons. The minimum Gasteiger partial charge on any atom is -0.496 e. The van der Waals surface area contributed by atoms with Crippen molar-refractivity contribution in [1.82, 2.24) is 15.1 Å². The zero-order valence-electron chi connectivity index (χ0n) is 18.0. The van der Waals surface area contributed by atoms with E-state index in [-0.39, 0.29) is 6.04 Å². The molecule has 1 spiro atoms. The topological polar surface area (TPSA) is 49.3 Å². The molecule has 3 fully saturated rings. The molecule has 0 aromatic heterocycles. The highest BCUT2D eigenvalue weighted by molar-refractivity contribution is 5.80. The van der Waals surface area contributed by atoms with Crippen LogP contribution >= 0.6 is 0 Å². The van der Waals surface area contributed by atoms with Crippen LogP contribution in [-0.2, 0) is 4.74 Å². The first-order valence-electron chi connectivity index (χ1n) is 11.2. The van der Waals surface area contributed by atoms with Gasteiger partial charge in [0.25, 0.3) is 0 Å². The van der Waals surface area contributed by atoms with E-state index in [0.717, 1.165) is 64.2 Å². The molecule has 1 aromatic carbocycles. The number of likely N-dealkylation sites (tertiary alicyclic amines) is 2. The van der Waals surface area contributed by atoms with Crippen LogP contribution in [0.3, 0.4) is 0 Å². The second-order valence-electron chi connectivity index (χ2n) is 8.67. The van der Waals surface area contributed by atoms with Crippen molar-refractivity contribution in [2.24, 2.45) is 10.4 Å². The van der Waals surface area contributed by atoms with E-state index in [2.05, 4.69) is 40.2 Å². The third-order valence-electron chi connectivity index (χ3n) is 6.75. The van der Waals surface area contributed by atoms with Gasteiger partial charge in [-0.2, -0.15) is 0 Å². The van der Waals surface area contributed by atoms with Crippen LogP contribution in [0.25, 0.3) is 0 Å². The normalized spacial score (nSPS) is 26.4. The van der Waals surface area contributed by atoms with Crippen LogP contribution in [0.2, 0.25) is 0 Å². The number of nitrogens with zero attached hydrogens (tertiary/aromatic N) is 3. The van der Waals surface area contributed by atoms with Crippen molar-refractivity contribution in [2.75, 3.05) is 59.6 Å². The summed E-state index contributed by atoms with van der Waals surface area (Å²) < 4.78 is 11.4. The summed E-state index contributed by atoms with van der Waals surface area (Å²) in [7, 11) is 1.76. The van der Waals surface area contributed by atoms with Gasteiger partial charge in [0.15, 0.2) is 5.96 Å².